The van der Waals surface area contributed by atoms with Crippen LogP contribution in [0.5, 0.6) is 0 Å². The molecule has 2 aliphatic heterocycles. The van der Waals surface area contributed by atoms with Gasteiger partial charge in [0.2, 0.25) is 5.91 Å². The predicted octanol–water partition coefficient (Wildman–Crippen LogP) is 2.32. The number of nitrogens with one attached hydrogen (secondary N) is 1. The van der Waals surface area contributed by atoms with E-state index in [0.717, 1.165) is 48.3 Å². The van der Waals surface area contributed by atoms with Crippen molar-refractivity contribution in [2.45, 2.75) is 37.9 Å². The topological polar surface area (TPSA) is 98.0 Å². The molecule has 1 amide bonds. The predicted molar refractivity (Wildman–Crippen MR) is 119 cm³/mol. The zero-order valence-electron chi connectivity index (χ0n) is 17.1. The molecule has 5 rings (SSSR count). The van der Waals surface area contributed by atoms with Crippen LogP contribution >= 0.6 is 11.7 Å². The summed E-state index contributed by atoms with van der Waals surface area (Å²) in [5, 5.41) is 12.4. The Morgan fingerprint density at radius 2 is 2.03 bits per heavy atom. The van der Waals surface area contributed by atoms with Gasteiger partial charge in [-0.25, -0.2) is 4.98 Å². The average Bonchev–Trinajstić information content (AvgIpc) is 3.39. The van der Waals surface area contributed by atoms with Gasteiger partial charge in [0, 0.05) is 50.9 Å². The molecule has 2 bridgehead atoms. The highest BCUT2D eigenvalue weighted by Gasteiger charge is 2.41. The van der Waals surface area contributed by atoms with Crippen molar-refractivity contribution in [2.75, 3.05) is 24.5 Å². The summed E-state index contributed by atoms with van der Waals surface area (Å²) in [5.74, 6) is 1.11. The van der Waals surface area contributed by atoms with Gasteiger partial charge in [-0.2, -0.15) is 14.0 Å². The second-order valence-electron chi connectivity index (χ2n) is 8.08. The molecule has 3 aromatic rings. The van der Waals surface area contributed by atoms with E-state index in [4.69, 9.17) is 5.26 Å². The first-order valence-electron chi connectivity index (χ1n) is 10.6. The molecular formula is C22H23N7OS. The van der Waals surface area contributed by atoms with E-state index in [1.807, 2.05) is 35.2 Å². The number of fused-ring (bicyclic) bond motifs is 3. The van der Waals surface area contributed by atoms with Crippen LogP contribution in [0.15, 0.2) is 36.5 Å². The highest BCUT2D eigenvalue weighted by atomic mass is 32.1. The summed E-state index contributed by atoms with van der Waals surface area (Å²) in [6, 6.07) is 12.4. The monoisotopic (exact) mass is 433 g/mol. The van der Waals surface area contributed by atoms with Crippen molar-refractivity contribution in [3.05, 3.63) is 47.7 Å². The molecule has 0 spiro atoms. The number of nitriles is 1. The first kappa shape index (κ1) is 19.8. The average molecular weight is 434 g/mol. The van der Waals surface area contributed by atoms with Crippen LogP contribution < -0.4 is 10.2 Å². The van der Waals surface area contributed by atoms with E-state index in [2.05, 4.69) is 30.0 Å². The number of carbonyl (C=O) groups excluding carboxylic acids is 1. The number of amides is 1. The molecule has 9 heteroatoms. The summed E-state index contributed by atoms with van der Waals surface area (Å²) >= 11 is 1.23. The molecule has 2 fully saturated rings. The van der Waals surface area contributed by atoms with Gasteiger partial charge in [0.05, 0.1) is 17.3 Å². The van der Waals surface area contributed by atoms with E-state index >= 15 is 0 Å². The Bertz CT molecular complexity index is 1110. The first-order chi connectivity index (χ1) is 15.2. The summed E-state index contributed by atoms with van der Waals surface area (Å²) in [6.07, 6.45) is 4.25. The van der Waals surface area contributed by atoms with E-state index in [1.54, 1.807) is 6.20 Å². The van der Waals surface area contributed by atoms with Crippen molar-refractivity contribution < 1.29 is 4.79 Å². The van der Waals surface area contributed by atoms with Crippen LogP contribution in [0.1, 0.15) is 30.4 Å². The summed E-state index contributed by atoms with van der Waals surface area (Å²) < 4.78 is 8.63. The lowest BCUT2D eigenvalue weighted by molar-refractivity contribution is -0.132. The number of nitrogens with zero attached hydrogens (tertiary/aromatic N) is 6. The molecule has 2 unspecified atom stereocenters. The molecule has 2 atom stereocenters. The fourth-order valence-corrected chi connectivity index (χ4v) is 5.24. The van der Waals surface area contributed by atoms with Crippen molar-refractivity contribution in [3.8, 4) is 6.07 Å². The van der Waals surface area contributed by atoms with E-state index in [-0.39, 0.29) is 5.91 Å². The molecule has 0 aliphatic carbocycles. The summed E-state index contributed by atoms with van der Waals surface area (Å²) in [4.78, 5) is 21.6. The van der Waals surface area contributed by atoms with Crippen LogP contribution in [0, 0.1) is 11.3 Å². The number of benzene rings is 1. The number of hydrogen-bond acceptors (Lipinski definition) is 8. The van der Waals surface area contributed by atoms with Crippen molar-refractivity contribution in [1.29, 1.82) is 5.26 Å². The number of carbonyl (C=O) groups is 1. The fraction of sp³-hybridized carbons (Fsp3) is 0.409. The van der Waals surface area contributed by atoms with Gasteiger partial charge in [0.15, 0.2) is 0 Å². The van der Waals surface area contributed by atoms with Gasteiger partial charge in [-0.15, -0.1) is 0 Å². The molecule has 4 heterocycles. The third-order valence-electron chi connectivity index (χ3n) is 6.18. The van der Waals surface area contributed by atoms with Gasteiger partial charge in [-0.05, 0) is 36.6 Å². The van der Waals surface area contributed by atoms with E-state index in [9.17, 15) is 4.79 Å². The lowest BCUT2D eigenvalue weighted by Crippen LogP contribution is -2.56. The Morgan fingerprint density at radius 1 is 1.19 bits per heavy atom. The van der Waals surface area contributed by atoms with Crippen LogP contribution in [0.3, 0.4) is 0 Å². The quantitative estimate of drug-likeness (QED) is 0.596. The van der Waals surface area contributed by atoms with Crippen LogP contribution in [0.2, 0.25) is 0 Å². The Balaban J connectivity index is 1.14. The molecular weight excluding hydrogens is 410 g/mol. The number of aromatic nitrogens is 3. The molecule has 8 nitrogen and oxygen atoms in total. The molecule has 2 aliphatic rings. The van der Waals surface area contributed by atoms with Crippen LogP contribution in [0.4, 0.5) is 5.82 Å². The minimum absolute atomic E-state index is 0.199. The van der Waals surface area contributed by atoms with Gasteiger partial charge in [-0.1, -0.05) is 12.1 Å². The van der Waals surface area contributed by atoms with Crippen molar-refractivity contribution in [3.63, 3.8) is 0 Å². The van der Waals surface area contributed by atoms with Crippen LogP contribution in [-0.4, -0.2) is 56.3 Å². The van der Waals surface area contributed by atoms with Crippen molar-refractivity contribution in [1.82, 2.24) is 23.9 Å². The first-order valence-corrected chi connectivity index (χ1v) is 11.3. The maximum absolute atomic E-state index is 12.8. The second kappa shape index (κ2) is 8.57. The normalized spacial score (nSPS) is 20.2. The van der Waals surface area contributed by atoms with Gasteiger partial charge >= 0.3 is 0 Å². The van der Waals surface area contributed by atoms with E-state index in [0.29, 0.717) is 37.2 Å². The van der Waals surface area contributed by atoms with Crippen molar-refractivity contribution >= 4 is 34.5 Å². The molecule has 1 N–H and O–H groups in total. The molecule has 1 aromatic carbocycles. The van der Waals surface area contributed by atoms with E-state index in [1.165, 1.54) is 11.7 Å². The van der Waals surface area contributed by atoms with E-state index < -0.39 is 0 Å². The zero-order valence-corrected chi connectivity index (χ0v) is 17.9. The fourth-order valence-electron chi connectivity index (χ4n) is 4.67. The maximum Gasteiger partial charge on any atom is 0.223 e. The highest BCUT2D eigenvalue weighted by molar-refractivity contribution is 7.00. The molecule has 2 aromatic heterocycles. The van der Waals surface area contributed by atoms with Crippen molar-refractivity contribution in [2.24, 2.45) is 0 Å². The number of piperazine rings is 1. The number of likely N-dealkylation sites (tertiary alicyclic amines) is 1. The number of pyridine rings is 1. The van der Waals surface area contributed by atoms with Crippen LogP contribution in [-0.2, 0) is 11.3 Å². The minimum Gasteiger partial charge on any atom is -0.347 e. The number of rotatable bonds is 6. The summed E-state index contributed by atoms with van der Waals surface area (Å²) in [7, 11) is 0. The molecule has 0 radical (unpaired) electrons. The van der Waals surface area contributed by atoms with Gasteiger partial charge < -0.3 is 15.1 Å². The lowest BCUT2D eigenvalue weighted by atomic mass is 10.1. The largest absolute Gasteiger partial charge is 0.347 e. The third kappa shape index (κ3) is 3.96. The lowest BCUT2D eigenvalue weighted by Gasteiger charge is -2.41. The molecule has 0 saturated carbocycles. The highest BCUT2D eigenvalue weighted by Crippen LogP contribution is 2.34. The smallest absolute Gasteiger partial charge is 0.223 e. The second-order valence-corrected chi connectivity index (χ2v) is 8.61. The standard InChI is InChI=1S/C22H23N7OS/c23-10-15-4-7-20(25-11-15)29-17-5-6-18(29)14-28(13-17)21(30)8-9-24-12-16-2-1-3-19-22(16)27-31-26-19/h1-4,7,11,17-18,24H,5-6,8-9,12-14H2. The number of anilines is 1. The Labute approximate surface area is 184 Å². The Kier molecular flexibility index (Phi) is 5.49. The SMILES string of the molecule is N#Cc1ccc(N2C3CCC2CN(C(=O)CCNCc2cccc4nsnc24)C3)nc1. The summed E-state index contributed by atoms with van der Waals surface area (Å²) in [5.41, 5.74) is 3.54. The number of hydrogen-bond donors (Lipinski definition) is 1. The third-order valence-corrected chi connectivity index (χ3v) is 6.72. The zero-order chi connectivity index (χ0) is 21.2. The van der Waals surface area contributed by atoms with Gasteiger partial charge in [0.1, 0.15) is 22.9 Å². The summed E-state index contributed by atoms with van der Waals surface area (Å²) in [6.45, 7) is 2.79. The molecule has 158 valence electrons. The van der Waals surface area contributed by atoms with Crippen LogP contribution in [0.25, 0.3) is 11.0 Å². The minimum atomic E-state index is 0.199. The Morgan fingerprint density at radius 3 is 2.77 bits per heavy atom. The molecule has 2 saturated heterocycles. The molecule has 31 heavy (non-hydrogen) atoms. The maximum atomic E-state index is 12.8. The van der Waals surface area contributed by atoms with Gasteiger partial charge in [0.25, 0.3) is 0 Å². The Hall–Kier alpha value is -3.09. The van der Waals surface area contributed by atoms with Gasteiger partial charge in [-0.3, -0.25) is 4.79 Å².